The van der Waals surface area contributed by atoms with Crippen LogP contribution in [0.15, 0.2) is 130 Å². The van der Waals surface area contributed by atoms with E-state index in [0.29, 0.717) is 9.80 Å². The van der Waals surface area contributed by atoms with Crippen LogP contribution in [0.1, 0.15) is 58.1 Å². The van der Waals surface area contributed by atoms with Crippen molar-refractivity contribution >= 4 is 21.2 Å². The molecule has 3 aromatic carbocycles. The van der Waals surface area contributed by atoms with Gasteiger partial charge in [-0.2, -0.15) is 0 Å². The first-order valence-electron chi connectivity index (χ1n) is 15.2. The van der Waals surface area contributed by atoms with Crippen LogP contribution in [0.25, 0.3) is 0 Å². The number of anilines is 2. The second-order valence-electron chi connectivity index (χ2n) is 13.1. The lowest BCUT2D eigenvalue weighted by Crippen LogP contribution is -2.37. The number of hydrogen-bond acceptors (Lipinski definition) is 4. The highest BCUT2D eigenvalue weighted by Crippen LogP contribution is 2.48. The number of fused-ring (bicyclic) bond motifs is 2. The van der Waals surface area contributed by atoms with Crippen LogP contribution < -0.4 is 9.80 Å². The molecule has 2 heterocycles. The van der Waals surface area contributed by atoms with Crippen LogP contribution in [0, 0.1) is 0 Å². The molecule has 6 rings (SSSR count). The summed E-state index contributed by atoms with van der Waals surface area (Å²) >= 11 is 0. The summed E-state index contributed by atoms with van der Waals surface area (Å²) in [4.78, 5) is 5.36. The minimum absolute atomic E-state index is 0.105. The molecule has 5 heteroatoms. The predicted octanol–water partition coefficient (Wildman–Crippen LogP) is 8.49. The van der Waals surface area contributed by atoms with Crippen molar-refractivity contribution < 1.29 is 8.42 Å². The molecule has 0 aromatic heterocycles. The molecule has 1 atom stereocenters. The smallest absolute Gasteiger partial charge is 0.207 e. The summed E-state index contributed by atoms with van der Waals surface area (Å²) < 4.78 is 28.7. The molecule has 0 radical (unpaired) electrons. The van der Waals surface area contributed by atoms with Crippen LogP contribution in [0.2, 0.25) is 0 Å². The molecule has 0 spiro atoms. The first-order chi connectivity index (χ1) is 20.5. The van der Waals surface area contributed by atoms with Gasteiger partial charge >= 0.3 is 0 Å². The van der Waals surface area contributed by atoms with Crippen LogP contribution in [-0.2, 0) is 20.7 Å². The number of rotatable bonds is 5. The molecule has 222 valence electrons. The van der Waals surface area contributed by atoms with Gasteiger partial charge in [-0.3, -0.25) is 0 Å². The SMILES string of the molecule is CN1/C(=C\C=C2\CCCC(/C=C/C3N(C)c4ccccc4C3(C)C)=C2S(=O)(=O)c2ccccc2)C(C)(C)c2ccccc21. The number of allylic oxidation sites excluding steroid dienone is 6. The van der Waals surface area contributed by atoms with Gasteiger partial charge in [-0.25, -0.2) is 8.42 Å². The summed E-state index contributed by atoms with van der Waals surface area (Å²) in [5.74, 6) is 0. The van der Waals surface area contributed by atoms with Crippen molar-refractivity contribution in [3.05, 3.63) is 136 Å². The second-order valence-corrected chi connectivity index (χ2v) is 15.0. The largest absolute Gasteiger partial charge is 0.367 e. The molecule has 3 aliphatic rings. The van der Waals surface area contributed by atoms with Crippen LogP contribution in [0.5, 0.6) is 0 Å². The Kier molecular flexibility index (Phi) is 7.29. The Balaban J connectivity index is 1.46. The van der Waals surface area contributed by atoms with Crippen molar-refractivity contribution in [2.24, 2.45) is 0 Å². The molecule has 0 amide bonds. The van der Waals surface area contributed by atoms with Crippen LogP contribution >= 0.6 is 0 Å². The van der Waals surface area contributed by atoms with E-state index in [1.807, 2.05) is 6.07 Å². The lowest BCUT2D eigenvalue weighted by atomic mass is 9.80. The van der Waals surface area contributed by atoms with Crippen molar-refractivity contribution in [2.45, 2.75) is 68.7 Å². The molecule has 43 heavy (non-hydrogen) atoms. The Labute approximate surface area is 257 Å². The fraction of sp³-hybridized carbons (Fsp3) is 0.316. The minimum Gasteiger partial charge on any atom is -0.367 e. The number of hydrogen-bond donors (Lipinski definition) is 0. The highest BCUT2D eigenvalue weighted by molar-refractivity contribution is 7.95. The average molecular weight is 591 g/mol. The van der Waals surface area contributed by atoms with Crippen LogP contribution in [0.4, 0.5) is 11.4 Å². The summed E-state index contributed by atoms with van der Waals surface area (Å²) in [7, 11) is 0.493. The van der Waals surface area contributed by atoms with Crippen molar-refractivity contribution in [2.75, 3.05) is 23.9 Å². The summed E-state index contributed by atoms with van der Waals surface area (Å²) in [5.41, 5.74) is 7.67. The quantitative estimate of drug-likeness (QED) is 0.299. The predicted molar refractivity (Wildman–Crippen MR) is 179 cm³/mol. The van der Waals surface area contributed by atoms with E-state index in [9.17, 15) is 8.42 Å². The van der Waals surface area contributed by atoms with Crippen molar-refractivity contribution in [3.63, 3.8) is 0 Å². The first-order valence-corrected chi connectivity index (χ1v) is 16.7. The van der Waals surface area contributed by atoms with Crippen LogP contribution in [0.3, 0.4) is 0 Å². The van der Waals surface area contributed by atoms with Gasteiger partial charge in [0.25, 0.3) is 0 Å². The van der Waals surface area contributed by atoms with Crippen molar-refractivity contribution in [1.29, 1.82) is 0 Å². The molecule has 0 N–H and O–H groups in total. The minimum atomic E-state index is -3.74. The Bertz CT molecular complexity index is 1790. The topological polar surface area (TPSA) is 40.6 Å². The summed E-state index contributed by atoms with van der Waals surface area (Å²) in [6.45, 7) is 9.03. The molecule has 3 aromatic rings. The second kappa shape index (κ2) is 10.7. The molecule has 1 unspecified atom stereocenters. The monoisotopic (exact) mass is 590 g/mol. The zero-order chi connectivity index (χ0) is 30.6. The van der Waals surface area contributed by atoms with E-state index < -0.39 is 9.84 Å². The van der Waals surface area contributed by atoms with Gasteiger partial charge in [0.1, 0.15) is 0 Å². The third kappa shape index (κ3) is 4.78. The van der Waals surface area contributed by atoms with E-state index in [2.05, 4.69) is 124 Å². The Hall–Kier alpha value is -3.83. The molecule has 0 bridgehead atoms. The lowest BCUT2D eigenvalue weighted by Gasteiger charge is -2.30. The lowest BCUT2D eigenvalue weighted by molar-refractivity contribution is 0.487. The van der Waals surface area contributed by atoms with E-state index >= 15 is 0 Å². The van der Waals surface area contributed by atoms with Gasteiger partial charge in [-0.05, 0) is 71.9 Å². The van der Waals surface area contributed by atoms with E-state index in [4.69, 9.17) is 0 Å². The highest BCUT2D eigenvalue weighted by atomic mass is 32.2. The van der Waals surface area contributed by atoms with Gasteiger partial charge in [0, 0.05) is 42.0 Å². The molecule has 4 nitrogen and oxygen atoms in total. The number of likely N-dealkylation sites (N-methyl/N-ethyl adjacent to an activating group) is 2. The molecule has 0 saturated carbocycles. The fourth-order valence-electron chi connectivity index (χ4n) is 7.46. The normalized spacial score (nSPS) is 23.0. The van der Waals surface area contributed by atoms with Crippen molar-refractivity contribution in [1.82, 2.24) is 0 Å². The summed E-state index contributed by atoms with van der Waals surface area (Å²) in [6, 6.07) is 26.1. The Morgan fingerprint density at radius 2 is 1.40 bits per heavy atom. The summed E-state index contributed by atoms with van der Waals surface area (Å²) in [5, 5.41) is 0. The molecule has 1 aliphatic carbocycles. The number of sulfone groups is 1. The van der Waals surface area contributed by atoms with E-state index in [1.165, 1.54) is 22.5 Å². The third-order valence-corrected chi connectivity index (χ3v) is 11.7. The van der Waals surface area contributed by atoms with E-state index in [0.717, 1.165) is 36.1 Å². The molecule has 2 aliphatic heterocycles. The maximum atomic E-state index is 14.4. The van der Waals surface area contributed by atoms with Gasteiger partial charge in [0.05, 0.1) is 15.8 Å². The zero-order valence-corrected chi connectivity index (χ0v) is 26.9. The van der Waals surface area contributed by atoms with Crippen LogP contribution in [-0.4, -0.2) is 28.6 Å². The van der Waals surface area contributed by atoms with E-state index in [-0.39, 0.29) is 16.9 Å². The van der Waals surface area contributed by atoms with Gasteiger partial charge in [0.15, 0.2) is 0 Å². The maximum absolute atomic E-state index is 14.4. The highest BCUT2D eigenvalue weighted by Gasteiger charge is 2.42. The number of nitrogens with zero attached hydrogens (tertiary/aromatic N) is 2. The standard InChI is InChI=1S/C38H42N2O2S/c1-37(2)30-19-10-12-21-32(30)39(5)34(37)25-23-27-15-14-16-28(36(27)43(41,42)29-17-8-7-9-18-29)24-26-35-38(3,4)31-20-11-13-22-33(31)40(35)6/h7-13,17-26,34H,14-16H2,1-6H3/b25-23+,28-24-,35-26-. The molecule has 0 fully saturated rings. The zero-order valence-electron chi connectivity index (χ0n) is 26.1. The Morgan fingerprint density at radius 1 is 0.767 bits per heavy atom. The molecular weight excluding hydrogens is 548 g/mol. The van der Waals surface area contributed by atoms with Gasteiger partial charge < -0.3 is 9.80 Å². The molecule has 0 saturated heterocycles. The van der Waals surface area contributed by atoms with Gasteiger partial charge in [-0.1, -0.05) is 101 Å². The number of para-hydroxylation sites is 2. The average Bonchev–Trinajstić information content (AvgIpc) is 3.32. The van der Waals surface area contributed by atoms with Gasteiger partial charge in [0.2, 0.25) is 9.84 Å². The first kappa shape index (κ1) is 29.3. The summed E-state index contributed by atoms with van der Waals surface area (Å²) in [6.07, 6.45) is 10.9. The fourth-order valence-corrected chi connectivity index (χ4v) is 9.24. The molecular formula is C38H42N2O2S. The Morgan fingerprint density at radius 3 is 2.07 bits per heavy atom. The number of benzene rings is 3. The van der Waals surface area contributed by atoms with Crippen molar-refractivity contribution in [3.8, 4) is 0 Å². The maximum Gasteiger partial charge on any atom is 0.207 e. The van der Waals surface area contributed by atoms with Gasteiger partial charge in [-0.15, -0.1) is 0 Å². The van der Waals surface area contributed by atoms with E-state index in [1.54, 1.807) is 24.3 Å². The third-order valence-electron chi connectivity index (χ3n) is 9.80.